The number of hydrogen-bond acceptors (Lipinski definition) is 4. The van der Waals surface area contributed by atoms with Crippen molar-refractivity contribution in [3.8, 4) is 0 Å². The SMILES string of the molecule is O=C(CCc1ccccc1)N(CC[NH+]1CCOCC1)c1nc2ccccc2s1. The number of carbonyl (C=O) groups excluding carboxylic acids is 1. The average Bonchev–Trinajstić information content (AvgIpc) is 3.18. The topological polar surface area (TPSA) is 46.9 Å². The Kier molecular flexibility index (Phi) is 6.31. The van der Waals surface area contributed by atoms with Crippen molar-refractivity contribution in [2.45, 2.75) is 12.8 Å². The van der Waals surface area contributed by atoms with Gasteiger partial charge in [-0.05, 0) is 24.1 Å². The number of nitrogens with one attached hydrogen (secondary N) is 1. The number of hydrogen-bond donors (Lipinski definition) is 1. The molecule has 0 saturated carbocycles. The van der Waals surface area contributed by atoms with Crippen LogP contribution < -0.4 is 9.80 Å². The van der Waals surface area contributed by atoms with Crippen LogP contribution in [0.2, 0.25) is 0 Å². The lowest BCUT2D eigenvalue weighted by molar-refractivity contribution is -0.906. The summed E-state index contributed by atoms with van der Waals surface area (Å²) < 4.78 is 6.58. The van der Waals surface area contributed by atoms with Gasteiger partial charge in [-0.2, -0.15) is 0 Å². The molecular formula is C22H26N3O2S+. The number of nitrogens with zero attached hydrogens (tertiary/aromatic N) is 2. The molecule has 0 spiro atoms. The third kappa shape index (κ3) is 4.76. The van der Waals surface area contributed by atoms with E-state index in [1.54, 1.807) is 11.3 Å². The molecule has 0 radical (unpaired) electrons. The van der Waals surface area contributed by atoms with E-state index in [0.717, 1.165) is 54.6 Å². The van der Waals surface area contributed by atoms with Crippen LogP contribution in [0.4, 0.5) is 5.13 Å². The molecule has 28 heavy (non-hydrogen) atoms. The van der Waals surface area contributed by atoms with Gasteiger partial charge in [0.2, 0.25) is 5.91 Å². The normalized spacial score (nSPS) is 15.0. The maximum atomic E-state index is 13.1. The number of thiazole rings is 1. The fraction of sp³-hybridized carbons (Fsp3) is 0.364. The first-order valence-electron chi connectivity index (χ1n) is 9.91. The summed E-state index contributed by atoms with van der Waals surface area (Å²) in [7, 11) is 0. The molecule has 1 fully saturated rings. The Morgan fingerprint density at radius 1 is 1.07 bits per heavy atom. The number of aryl methyl sites for hydroxylation is 1. The van der Waals surface area contributed by atoms with E-state index in [1.165, 1.54) is 10.5 Å². The van der Waals surface area contributed by atoms with Gasteiger partial charge in [-0.15, -0.1) is 0 Å². The summed E-state index contributed by atoms with van der Waals surface area (Å²) in [5, 5.41) is 0.812. The number of amides is 1. The van der Waals surface area contributed by atoms with Crippen molar-refractivity contribution in [3.63, 3.8) is 0 Å². The summed E-state index contributed by atoms with van der Waals surface area (Å²) >= 11 is 1.60. The fourth-order valence-corrected chi connectivity index (χ4v) is 4.52. The monoisotopic (exact) mass is 396 g/mol. The average molecular weight is 397 g/mol. The summed E-state index contributed by atoms with van der Waals surface area (Å²) in [6.07, 6.45) is 1.25. The number of ether oxygens (including phenoxy) is 1. The van der Waals surface area contributed by atoms with Gasteiger partial charge in [0.1, 0.15) is 13.1 Å². The van der Waals surface area contributed by atoms with Crippen LogP contribution in [0.3, 0.4) is 0 Å². The van der Waals surface area contributed by atoms with Crippen molar-refractivity contribution in [1.29, 1.82) is 0 Å². The lowest BCUT2D eigenvalue weighted by atomic mass is 10.1. The van der Waals surface area contributed by atoms with Crippen LogP contribution >= 0.6 is 11.3 Å². The molecule has 5 nitrogen and oxygen atoms in total. The van der Waals surface area contributed by atoms with Gasteiger partial charge in [-0.1, -0.05) is 53.8 Å². The Hall–Kier alpha value is -2.28. The number of morpholine rings is 1. The standard InChI is InChI=1S/C22H25N3O2S/c26-21(11-10-18-6-2-1-3-7-18)25(13-12-24-14-16-27-17-15-24)22-23-19-8-4-5-9-20(19)28-22/h1-9H,10-17H2/p+1. The first-order chi connectivity index (χ1) is 13.8. The summed E-state index contributed by atoms with van der Waals surface area (Å²) in [4.78, 5) is 21.3. The van der Waals surface area contributed by atoms with Crippen LogP contribution in [-0.2, 0) is 16.0 Å². The lowest BCUT2D eigenvalue weighted by Crippen LogP contribution is -3.14. The van der Waals surface area contributed by atoms with E-state index >= 15 is 0 Å². The van der Waals surface area contributed by atoms with Gasteiger partial charge in [0, 0.05) is 6.42 Å². The number of aromatic nitrogens is 1. The van der Waals surface area contributed by atoms with Crippen LogP contribution in [0, 0.1) is 0 Å². The number of benzene rings is 2. The van der Waals surface area contributed by atoms with Crippen LogP contribution in [0.1, 0.15) is 12.0 Å². The zero-order valence-electron chi connectivity index (χ0n) is 16.0. The zero-order valence-corrected chi connectivity index (χ0v) is 16.8. The molecule has 4 rings (SSSR count). The largest absolute Gasteiger partial charge is 0.370 e. The van der Waals surface area contributed by atoms with Gasteiger partial charge in [0.05, 0.1) is 36.5 Å². The zero-order chi connectivity index (χ0) is 19.2. The van der Waals surface area contributed by atoms with E-state index in [0.29, 0.717) is 13.0 Å². The van der Waals surface area contributed by atoms with E-state index in [9.17, 15) is 4.79 Å². The Morgan fingerprint density at radius 2 is 1.82 bits per heavy atom. The van der Waals surface area contributed by atoms with Crippen molar-refractivity contribution < 1.29 is 14.4 Å². The molecule has 1 saturated heterocycles. The second-order valence-corrected chi connectivity index (χ2v) is 8.12. The molecule has 0 bridgehead atoms. The summed E-state index contributed by atoms with van der Waals surface area (Å²) in [6.45, 7) is 5.24. The number of fused-ring (bicyclic) bond motifs is 1. The minimum atomic E-state index is 0.149. The smallest absolute Gasteiger partial charge is 0.229 e. The second kappa shape index (κ2) is 9.28. The molecule has 0 aliphatic carbocycles. The lowest BCUT2D eigenvalue weighted by Gasteiger charge is -2.27. The van der Waals surface area contributed by atoms with Crippen molar-refractivity contribution in [2.24, 2.45) is 0 Å². The molecule has 1 aliphatic heterocycles. The number of quaternary nitrogens is 1. The van der Waals surface area contributed by atoms with Gasteiger partial charge in [-0.25, -0.2) is 4.98 Å². The minimum absolute atomic E-state index is 0.149. The molecule has 146 valence electrons. The number of carbonyl (C=O) groups is 1. The maximum absolute atomic E-state index is 13.1. The van der Waals surface area contributed by atoms with E-state index in [2.05, 4.69) is 18.2 Å². The highest BCUT2D eigenvalue weighted by Crippen LogP contribution is 2.29. The molecule has 1 amide bonds. The second-order valence-electron chi connectivity index (χ2n) is 7.11. The predicted molar refractivity (Wildman–Crippen MR) is 113 cm³/mol. The van der Waals surface area contributed by atoms with Crippen LogP contribution in [0.15, 0.2) is 54.6 Å². The molecular weight excluding hydrogens is 370 g/mol. The molecule has 0 unspecified atom stereocenters. The van der Waals surface area contributed by atoms with Gasteiger partial charge in [0.15, 0.2) is 5.13 Å². The molecule has 2 aromatic carbocycles. The van der Waals surface area contributed by atoms with E-state index in [1.807, 2.05) is 41.3 Å². The Balaban J connectivity index is 1.48. The minimum Gasteiger partial charge on any atom is -0.370 e. The third-order valence-corrected chi connectivity index (χ3v) is 6.23. The first-order valence-corrected chi connectivity index (χ1v) is 10.7. The fourth-order valence-electron chi connectivity index (χ4n) is 3.51. The summed E-state index contributed by atoms with van der Waals surface area (Å²) in [6, 6.07) is 18.3. The number of rotatable bonds is 7. The van der Waals surface area contributed by atoms with Gasteiger partial charge < -0.3 is 9.64 Å². The van der Waals surface area contributed by atoms with Crippen molar-refractivity contribution in [1.82, 2.24) is 4.98 Å². The molecule has 1 aromatic heterocycles. The number of para-hydroxylation sites is 1. The summed E-state index contributed by atoms with van der Waals surface area (Å²) in [5.74, 6) is 0.149. The highest BCUT2D eigenvalue weighted by Gasteiger charge is 2.22. The predicted octanol–water partition coefficient (Wildman–Crippen LogP) is 2.18. The maximum Gasteiger partial charge on any atom is 0.229 e. The third-order valence-electron chi connectivity index (χ3n) is 5.17. The molecule has 0 atom stereocenters. The van der Waals surface area contributed by atoms with Crippen molar-refractivity contribution in [3.05, 3.63) is 60.2 Å². The first kappa shape index (κ1) is 19.1. The molecule has 1 N–H and O–H groups in total. The summed E-state index contributed by atoms with van der Waals surface area (Å²) in [5.41, 5.74) is 2.15. The number of anilines is 1. The van der Waals surface area contributed by atoms with Crippen LogP contribution in [0.25, 0.3) is 10.2 Å². The molecule has 2 heterocycles. The van der Waals surface area contributed by atoms with Gasteiger partial charge in [0.25, 0.3) is 0 Å². The van der Waals surface area contributed by atoms with Crippen molar-refractivity contribution in [2.75, 3.05) is 44.3 Å². The van der Waals surface area contributed by atoms with Crippen LogP contribution in [0.5, 0.6) is 0 Å². The van der Waals surface area contributed by atoms with Gasteiger partial charge >= 0.3 is 0 Å². The van der Waals surface area contributed by atoms with Crippen LogP contribution in [-0.4, -0.2) is 50.3 Å². The van der Waals surface area contributed by atoms with Gasteiger partial charge in [-0.3, -0.25) is 9.69 Å². The van der Waals surface area contributed by atoms with Crippen molar-refractivity contribution >= 4 is 32.6 Å². The Bertz CT molecular complexity index is 873. The Morgan fingerprint density at radius 3 is 2.61 bits per heavy atom. The molecule has 6 heteroatoms. The molecule has 1 aliphatic rings. The quantitative estimate of drug-likeness (QED) is 0.666. The van der Waals surface area contributed by atoms with E-state index in [4.69, 9.17) is 9.72 Å². The van der Waals surface area contributed by atoms with E-state index in [-0.39, 0.29) is 5.91 Å². The highest BCUT2D eigenvalue weighted by molar-refractivity contribution is 7.22. The highest BCUT2D eigenvalue weighted by atomic mass is 32.1. The molecule has 3 aromatic rings. The Labute approximate surface area is 169 Å². The van der Waals surface area contributed by atoms with E-state index < -0.39 is 0 Å².